The van der Waals surface area contributed by atoms with E-state index in [0.29, 0.717) is 17.7 Å². The number of fused-ring (bicyclic) bond motifs is 4. The maximum absolute atomic E-state index is 9.82. The van der Waals surface area contributed by atoms with Gasteiger partial charge in [-0.3, -0.25) is 0 Å². The van der Waals surface area contributed by atoms with Gasteiger partial charge in [0.25, 0.3) is 0 Å². The highest BCUT2D eigenvalue weighted by Gasteiger charge is 2.49. The predicted octanol–water partition coefficient (Wildman–Crippen LogP) is 2.94. The standard InChI is InChI=1S/C16H23NO/c1-4-16-7-8-17(3)15(11(16)2)9-12-5-6-13(18)10-14(12)16/h5-6,10-11,15,18H,4,7-9H2,1-3H3/t11-,15+,16-/m1/s1. The van der Waals surface area contributed by atoms with E-state index in [1.54, 1.807) is 0 Å². The Morgan fingerprint density at radius 2 is 2.22 bits per heavy atom. The van der Waals surface area contributed by atoms with Crippen LogP contribution in [0.2, 0.25) is 0 Å². The van der Waals surface area contributed by atoms with Gasteiger partial charge in [0.05, 0.1) is 0 Å². The molecule has 0 spiro atoms. The lowest BCUT2D eigenvalue weighted by Gasteiger charge is -2.55. The molecule has 1 saturated heterocycles. The molecule has 1 aliphatic carbocycles. The average molecular weight is 245 g/mol. The van der Waals surface area contributed by atoms with Gasteiger partial charge in [0.2, 0.25) is 0 Å². The molecular formula is C16H23NO. The van der Waals surface area contributed by atoms with Crippen molar-refractivity contribution in [3.8, 4) is 5.75 Å². The monoisotopic (exact) mass is 245 g/mol. The highest BCUT2D eigenvalue weighted by molar-refractivity contribution is 5.44. The minimum atomic E-state index is 0.281. The van der Waals surface area contributed by atoms with Crippen molar-refractivity contribution in [1.82, 2.24) is 4.90 Å². The van der Waals surface area contributed by atoms with Crippen molar-refractivity contribution >= 4 is 0 Å². The van der Waals surface area contributed by atoms with Crippen LogP contribution in [-0.4, -0.2) is 29.6 Å². The third-order valence-electron chi connectivity index (χ3n) is 5.62. The number of phenolic OH excluding ortho intramolecular Hbond substituents is 1. The van der Waals surface area contributed by atoms with Crippen molar-refractivity contribution in [2.45, 2.75) is 44.6 Å². The molecule has 0 radical (unpaired) electrons. The Balaban J connectivity index is 2.18. The van der Waals surface area contributed by atoms with Crippen LogP contribution in [0, 0.1) is 5.92 Å². The number of hydrogen-bond donors (Lipinski definition) is 1. The van der Waals surface area contributed by atoms with Gasteiger partial charge in [0, 0.05) is 11.5 Å². The second kappa shape index (κ2) is 3.99. The van der Waals surface area contributed by atoms with Gasteiger partial charge in [-0.2, -0.15) is 0 Å². The van der Waals surface area contributed by atoms with Crippen molar-refractivity contribution in [2.24, 2.45) is 5.92 Å². The van der Waals surface area contributed by atoms with Crippen LogP contribution in [0.4, 0.5) is 0 Å². The molecule has 0 saturated carbocycles. The normalized spacial score (nSPS) is 35.3. The van der Waals surface area contributed by atoms with Crippen LogP contribution in [0.15, 0.2) is 18.2 Å². The Labute approximate surface area is 110 Å². The van der Waals surface area contributed by atoms with E-state index in [4.69, 9.17) is 0 Å². The van der Waals surface area contributed by atoms with Crippen LogP contribution < -0.4 is 0 Å². The largest absolute Gasteiger partial charge is 0.508 e. The summed E-state index contributed by atoms with van der Waals surface area (Å²) >= 11 is 0. The fraction of sp³-hybridized carbons (Fsp3) is 0.625. The van der Waals surface area contributed by atoms with Crippen LogP contribution in [0.25, 0.3) is 0 Å². The highest BCUT2D eigenvalue weighted by atomic mass is 16.3. The third-order valence-corrected chi connectivity index (χ3v) is 5.62. The Bertz CT molecular complexity index is 470. The van der Waals surface area contributed by atoms with Crippen molar-refractivity contribution < 1.29 is 5.11 Å². The minimum absolute atomic E-state index is 0.281. The first-order valence-electron chi connectivity index (χ1n) is 7.11. The summed E-state index contributed by atoms with van der Waals surface area (Å²) in [6.07, 6.45) is 3.53. The molecule has 2 aliphatic rings. The van der Waals surface area contributed by atoms with Gasteiger partial charge in [0.15, 0.2) is 0 Å². The molecule has 2 bridgehead atoms. The first kappa shape index (κ1) is 12.0. The minimum Gasteiger partial charge on any atom is -0.508 e. The molecule has 1 heterocycles. The number of phenols is 1. The van der Waals surface area contributed by atoms with Crippen LogP contribution in [0.3, 0.4) is 0 Å². The van der Waals surface area contributed by atoms with E-state index in [2.05, 4.69) is 31.9 Å². The van der Waals surface area contributed by atoms with E-state index in [9.17, 15) is 5.11 Å². The van der Waals surface area contributed by atoms with Crippen molar-refractivity contribution in [3.63, 3.8) is 0 Å². The molecule has 1 N–H and O–H groups in total. The summed E-state index contributed by atoms with van der Waals surface area (Å²) in [5, 5.41) is 9.82. The van der Waals surface area contributed by atoms with Gasteiger partial charge in [-0.1, -0.05) is 19.9 Å². The van der Waals surface area contributed by atoms with Gasteiger partial charge in [-0.15, -0.1) is 0 Å². The lowest BCUT2D eigenvalue weighted by molar-refractivity contribution is 0.0385. The molecule has 2 nitrogen and oxygen atoms in total. The molecule has 2 heteroatoms. The molecule has 1 fully saturated rings. The van der Waals surface area contributed by atoms with Crippen molar-refractivity contribution in [3.05, 3.63) is 29.3 Å². The number of nitrogens with zero attached hydrogens (tertiary/aromatic N) is 1. The maximum Gasteiger partial charge on any atom is 0.115 e. The Morgan fingerprint density at radius 3 is 2.94 bits per heavy atom. The molecule has 1 aromatic rings. The fourth-order valence-corrected chi connectivity index (χ4v) is 4.35. The lowest BCUT2D eigenvalue weighted by Crippen LogP contribution is -2.57. The van der Waals surface area contributed by atoms with E-state index in [-0.39, 0.29) is 5.41 Å². The molecule has 0 aromatic heterocycles. The zero-order valence-electron chi connectivity index (χ0n) is 11.6. The number of likely N-dealkylation sites (N-methyl/N-ethyl adjacent to an activating group) is 1. The quantitative estimate of drug-likeness (QED) is 0.822. The van der Waals surface area contributed by atoms with Gasteiger partial charge >= 0.3 is 0 Å². The maximum atomic E-state index is 9.82. The van der Waals surface area contributed by atoms with E-state index >= 15 is 0 Å². The van der Waals surface area contributed by atoms with Gasteiger partial charge in [-0.05, 0) is 62.0 Å². The zero-order chi connectivity index (χ0) is 12.9. The summed E-state index contributed by atoms with van der Waals surface area (Å²) < 4.78 is 0. The average Bonchev–Trinajstić information content (AvgIpc) is 2.36. The van der Waals surface area contributed by atoms with Crippen LogP contribution >= 0.6 is 0 Å². The molecule has 0 amide bonds. The SMILES string of the molecule is CC[C@]12CCN(C)[C@@H](Cc3ccc(O)cc31)[C@H]2C. The number of benzene rings is 1. The second-order valence-corrected chi connectivity index (χ2v) is 6.14. The molecule has 0 unspecified atom stereocenters. The Hall–Kier alpha value is -1.02. The summed E-state index contributed by atoms with van der Waals surface area (Å²) in [6, 6.07) is 6.66. The number of rotatable bonds is 1. The first-order chi connectivity index (χ1) is 8.58. The van der Waals surface area contributed by atoms with E-state index in [1.807, 2.05) is 12.1 Å². The second-order valence-electron chi connectivity index (χ2n) is 6.14. The molecule has 18 heavy (non-hydrogen) atoms. The Kier molecular flexibility index (Phi) is 2.67. The van der Waals surface area contributed by atoms with Gasteiger partial charge in [-0.25, -0.2) is 0 Å². The predicted molar refractivity (Wildman–Crippen MR) is 74.0 cm³/mol. The van der Waals surface area contributed by atoms with Gasteiger partial charge < -0.3 is 10.0 Å². The van der Waals surface area contributed by atoms with E-state index in [0.717, 1.165) is 6.42 Å². The number of likely N-dealkylation sites (tertiary alicyclic amines) is 1. The molecule has 1 aromatic carbocycles. The molecule has 3 atom stereocenters. The van der Waals surface area contributed by atoms with Gasteiger partial charge in [0.1, 0.15) is 5.75 Å². The summed E-state index contributed by atoms with van der Waals surface area (Å²) in [7, 11) is 2.26. The number of hydrogen-bond acceptors (Lipinski definition) is 2. The van der Waals surface area contributed by atoms with Crippen LogP contribution in [-0.2, 0) is 11.8 Å². The topological polar surface area (TPSA) is 23.5 Å². The summed E-state index contributed by atoms with van der Waals surface area (Å²) in [5.74, 6) is 1.10. The first-order valence-corrected chi connectivity index (χ1v) is 7.11. The van der Waals surface area contributed by atoms with Crippen molar-refractivity contribution in [2.75, 3.05) is 13.6 Å². The fourth-order valence-electron chi connectivity index (χ4n) is 4.35. The zero-order valence-corrected chi connectivity index (χ0v) is 11.6. The highest BCUT2D eigenvalue weighted by Crippen LogP contribution is 2.50. The summed E-state index contributed by atoms with van der Waals surface area (Å²) in [6.45, 7) is 5.88. The molecule has 98 valence electrons. The lowest BCUT2D eigenvalue weighted by atomic mass is 9.57. The third kappa shape index (κ3) is 1.45. The molecule has 3 rings (SSSR count). The van der Waals surface area contributed by atoms with Crippen molar-refractivity contribution in [1.29, 1.82) is 0 Å². The van der Waals surface area contributed by atoms with E-state index in [1.165, 1.54) is 30.5 Å². The number of piperidine rings is 1. The van der Waals surface area contributed by atoms with Crippen LogP contribution in [0.1, 0.15) is 37.8 Å². The summed E-state index contributed by atoms with van der Waals surface area (Å²) in [4.78, 5) is 2.52. The molecular weight excluding hydrogens is 222 g/mol. The molecule has 1 aliphatic heterocycles. The smallest absolute Gasteiger partial charge is 0.115 e. The van der Waals surface area contributed by atoms with Crippen LogP contribution in [0.5, 0.6) is 5.75 Å². The number of aromatic hydroxyl groups is 1. The Morgan fingerprint density at radius 1 is 1.44 bits per heavy atom. The van der Waals surface area contributed by atoms with E-state index < -0.39 is 0 Å². The summed E-state index contributed by atoms with van der Waals surface area (Å²) in [5.41, 5.74) is 3.15.